The number of nitrogens with zero attached hydrogens (tertiary/aromatic N) is 2. The van der Waals surface area contributed by atoms with Gasteiger partial charge in [-0.15, -0.1) is 0 Å². The van der Waals surface area contributed by atoms with Crippen molar-refractivity contribution in [2.45, 2.75) is 12.8 Å². The summed E-state index contributed by atoms with van der Waals surface area (Å²) in [7, 11) is 0. The third kappa shape index (κ3) is 2.97. The van der Waals surface area contributed by atoms with Gasteiger partial charge in [-0.3, -0.25) is 4.79 Å². The molecule has 0 saturated carbocycles. The Kier molecular flexibility index (Phi) is 4.16. The van der Waals surface area contributed by atoms with Crippen molar-refractivity contribution in [3.8, 4) is 6.07 Å². The molecule has 0 aliphatic carbocycles. The predicted octanol–water partition coefficient (Wildman–Crippen LogP) is 3.89. The van der Waals surface area contributed by atoms with E-state index in [1.54, 1.807) is 0 Å². The van der Waals surface area contributed by atoms with Gasteiger partial charge in [0.25, 0.3) is 5.91 Å². The maximum Gasteiger partial charge on any atom is 0.267 e. The van der Waals surface area contributed by atoms with E-state index in [2.05, 4.69) is 11.1 Å². The van der Waals surface area contributed by atoms with Crippen LogP contribution < -0.4 is 0 Å². The van der Waals surface area contributed by atoms with E-state index in [-0.39, 0.29) is 11.8 Å². The quantitative estimate of drug-likeness (QED) is 0.863. The van der Waals surface area contributed by atoms with Crippen molar-refractivity contribution in [2.75, 3.05) is 0 Å². The van der Waals surface area contributed by atoms with Crippen LogP contribution in [-0.2, 0) is 4.79 Å². The fraction of sp³-hybridized carbons (Fsp3) is 0.150. The van der Waals surface area contributed by atoms with Gasteiger partial charge in [0.15, 0.2) is 0 Å². The minimum absolute atomic E-state index is 0.0148. The largest absolute Gasteiger partial charge is 0.271 e. The highest BCUT2D eigenvalue weighted by molar-refractivity contribution is 6.16. The van der Waals surface area contributed by atoms with Gasteiger partial charge in [-0.2, -0.15) is 5.26 Å². The van der Waals surface area contributed by atoms with Crippen LogP contribution in [0.2, 0.25) is 0 Å². The smallest absolute Gasteiger partial charge is 0.267 e. The van der Waals surface area contributed by atoms with Gasteiger partial charge < -0.3 is 0 Å². The molecule has 3 rings (SSSR count). The Morgan fingerprint density at radius 1 is 1.04 bits per heavy atom. The van der Waals surface area contributed by atoms with E-state index in [0.29, 0.717) is 5.71 Å². The number of hydrogen-bond acceptors (Lipinski definition) is 2. The van der Waals surface area contributed by atoms with E-state index in [1.807, 2.05) is 73.7 Å². The summed E-state index contributed by atoms with van der Waals surface area (Å²) in [5, 5.41) is 9.40. The Labute approximate surface area is 135 Å². The standard InChI is InChI=1S/C20H16N2O/c1-14(15-8-4-2-5-9-15)17-12-19(16-10-6-3-7-11-16)22-20(23)18(17)13-21/h2-12,14,18H,1H3. The molecule has 0 aromatic heterocycles. The molecule has 0 fully saturated rings. The lowest BCUT2D eigenvalue weighted by atomic mass is 9.82. The molecule has 2 unspecified atom stereocenters. The van der Waals surface area contributed by atoms with Crippen LogP contribution in [0.15, 0.2) is 77.3 Å². The van der Waals surface area contributed by atoms with Crippen molar-refractivity contribution in [2.24, 2.45) is 10.9 Å². The molecule has 2 aromatic carbocycles. The second-order valence-electron chi connectivity index (χ2n) is 5.54. The molecule has 1 amide bonds. The van der Waals surface area contributed by atoms with E-state index in [9.17, 15) is 10.1 Å². The molecule has 1 aliphatic heterocycles. The topological polar surface area (TPSA) is 53.2 Å². The third-order valence-electron chi connectivity index (χ3n) is 4.11. The summed E-state index contributed by atoms with van der Waals surface area (Å²) in [6.07, 6.45) is 1.89. The Bertz CT molecular complexity index is 814. The molecule has 0 N–H and O–H groups in total. The molecular weight excluding hydrogens is 284 g/mol. The Morgan fingerprint density at radius 2 is 1.65 bits per heavy atom. The van der Waals surface area contributed by atoms with E-state index in [0.717, 1.165) is 16.7 Å². The summed E-state index contributed by atoms with van der Waals surface area (Å²) < 4.78 is 0. The van der Waals surface area contributed by atoms with Crippen molar-refractivity contribution in [3.63, 3.8) is 0 Å². The van der Waals surface area contributed by atoms with Crippen LogP contribution >= 0.6 is 0 Å². The molecule has 112 valence electrons. The molecule has 23 heavy (non-hydrogen) atoms. The van der Waals surface area contributed by atoms with Crippen molar-refractivity contribution < 1.29 is 4.79 Å². The molecule has 1 aliphatic rings. The lowest BCUT2D eigenvalue weighted by Gasteiger charge is -2.23. The maximum absolute atomic E-state index is 12.3. The van der Waals surface area contributed by atoms with Gasteiger partial charge in [0.05, 0.1) is 11.8 Å². The monoisotopic (exact) mass is 300 g/mol. The van der Waals surface area contributed by atoms with Gasteiger partial charge in [-0.25, -0.2) is 4.99 Å². The van der Waals surface area contributed by atoms with E-state index in [1.165, 1.54) is 0 Å². The molecular formula is C20H16N2O. The van der Waals surface area contributed by atoms with Crippen molar-refractivity contribution in [1.29, 1.82) is 5.26 Å². The average molecular weight is 300 g/mol. The first kappa shape index (κ1) is 14.9. The number of benzene rings is 2. The number of rotatable bonds is 3. The van der Waals surface area contributed by atoms with Crippen LogP contribution in [0.5, 0.6) is 0 Å². The van der Waals surface area contributed by atoms with Crippen molar-refractivity contribution in [1.82, 2.24) is 0 Å². The fourth-order valence-electron chi connectivity index (χ4n) is 2.80. The number of nitriles is 1. The van der Waals surface area contributed by atoms with E-state index < -0.39 is 5.92 Å². The molecule has 2 atom stereocenters. The number of hydrogen-bond donors (Lipinski definition) is 0. The highest BCUT2D eigenvalue weighted by Gasteiger charge is 2.31. The zero-order valence-corrected chi connectivity index (χ0v) is 12.8. The zero-order chi connectivity index (χ0) is 16.2. The van der Waals surface area contributed by atoms with Gasteiger partial charge in [-0.05, 0) is 17.2 Å². The normalized spacial score (nSPS) is 18.6. The van der Waals surface area contributed by atoms with Crippen molar-refractivity contribution >= 4 is 11.6 Å². The average Bonchev–Trinajstić information content (AvgIpc) is 2.62. The van der Waals surface area contributed by atoms with Gasteiger partial charge in [0.2, 0.25) is 0 Å². The number of dihydropyridines is 1. The molecule has 0 saturated heterocycles. The zero-order valence-electron chi connectivity index (χ0n) is 12.8. The molecule has 3 nitrogen and oxygen atoms in total. The molecule has 0 spiro atoms. The number of carbonyl (C=O) groups is 1. The first-order valence-corrected chi connectivity index (χ1v) is 7.54. The van der Waals surface area contributed by atoms with E-state index in [4.69, 9.17) is 0 Å². The lowest BCUT2D eigenvalue weighted by molar-refractivity contribution is -0.119. The van der Waals surface area contributed by atoms with Crippen LogP contribution in [0, 0.1) is 17.2 Å². The second-order valence-corrected chi connectivity index (χ2v) is 5.54. The molecule has 0 bridgehead atoms. The summed E-state index contributed by atoms with van der Waals surface area (Å²) in [6, 6.07) is 21.6. The summed E-state index contributed by atoms with van der Waals surface area (Å²) >= 11 is 0. The Hall–Kier alpha value is -2.99. The number of allylic oxidation sites excluding steroid dienone is 1. The fourth-order valence-corrected chi connectivity index (χ4v) is 2.80. The summed E-state index contributed by atoms with van der Waals surface area (Å²) in [5.74, 6) is -1.21. The minimum atomic E-state index is -0.808. The molecule has 1 heterocycles. The summed E-state index contributed by atoms with van der Waals surface area (Å²) in [4.78, 5) is 16.4. The Morgan fingerprint density at radius 3 is 2.26 bits per heavy atom. The number of aliphatic imine (C=N–C) groups is 1. The van der Waals surface area contributed by atoms with Gasteiger partial charge in [-0.1, -0.05) is 67.6 Å². The van der Waals surface area contributed by atoms with Gasteiger partial charge in [0.1, 0.15) is 5.92 Å². The van der Waals surface area contributed by atoms with E-state index >= 15 is 0 Å². The number of amides is 1. The van der Waals surface area contributed by atoms with Crippen LogP contribution in [0.3, 0.4) is 0 Å². The predicted molar refractivity (Wildman–Crippen MR) is 90.0 cm³/mol. The van der Waals surface area contributed by atoms with Crippen LogP contribution in [0.1, 0.15) is 24.0 Å². The third-order valence-corrected chi connectivity index (χ3v) is 4.11. The van der Waals surface area contributed by atoms with Gasteiger partial charge in [0, 0.05) is 11.5 Å². The maximum atomic E-state index is 12.3. The van der Waals surface area contributed by atoms with Gasteiger partial charge >= 0.3 is 0 Å². The summed E-state index contributed by atoms with van der Waals surface area (Å²) in [6.45, 7) is 2.02. The lowest BCUT2D eigenvalue weighted by Crippen LogP contribution is -2.23. The second kappa shape index (κ2) is 6.41. The van der Waals surface area contributed by atoms with Crippen LogP contribution in [0.25, 0.3) is 0 Å². The Balaban J connectivity index is 2.05. The first-order valence-electron chi connectivity index (χ1n) is 7.54. The van der Waals surface area contributed by atoms with Crippen molar-refractivity contribution in [3.05, 3.63) is 83.4 Å². The number of carbonyl (C=O) groups excluding carboxylic acids is 1. The van der Waals surface area contributed by atoms with Crippen LogP contribution in [-0.4, -0.2) is 11.6 Å². The molecule has 0 radical (unpaired) electrons. The highest BCUT2D eigenvalue weighted by atomic mass is 16.1. The summed E-state index contributed by atoms with van der Waals surface area (Å²) in [5.41, 5.74) is 3.40. The molecule has 3 heteroatoms. The first-order chi connectivity index (χ1) is 11.2. The van der Waals surface area contributed by atoms with Crippen LogP contribution in [0.4, 0.5) is 0 Å². The SMILES string of the molecule is CC(C1=CC(c2ccccc2)=NC(=O)C1C#N)c1ccccc1. The minimum Gasteiger partial charge on any atom is -0.271 e. The molecule has 2 aromatic rings. The highest BCUT2D eigenvalue weighted by Crippen LogP contribution is 2.32.